The van der Waals surface area contributed by atoms with E-state index in [2.05, 4.69) is 20.2 Å². The minimum Gasteiger partial charge on any atom is -0.262 e. The van der Waals surface area contributed by atoms with Crippen molar-refractivity contribution in [3.8, 4) is 0 Å². The largest absolute Gasteiger partial charge is 0.262 e. The van der Waals surface area contributed by atoms with Crippen molar-refractivity contribution in [1.82, 2.24) is 20.2 Å². The van der Waals surface area contributed by atoms with Gasteiger partial charge in [0, 0.05) is 11.3 Å². The zero-order valence-electron chi connectivity index (χ0n) is 10.6. The Morgan fingerprint density at radius 2 is 1.82 bits per heavy atom. The van der Waals surface area contributed by atoms with E-state index in [4.69, 9.17) is 0 Å². The number of nitrogens with one attached hydrogen (secondary N) is 1. The molecule has 114 valence electrons. The first-order chi connectivity index (χ1) is 10.5. The van der Waals surface area contributed by atoms with Crippen molar-refractivity contribution in [2.45, 2.75) is 16.5 Å². The van der Waals surface area contributed by atoms with Crippen molar-refractivity contribution in [3.05, 3.63) is 51.7 Å². The van der Waals surface area contributed by atoms with Gasteiger partial charge in [0.25, 0.3) is 11.9 Å². The summed E-state index contributed by atoms with van der Waals surface area (Å²) in [6.45, 7) is 0. The summed E-state index contributed by atoms with van der Waals surface area (Å²) in [5, 5.41) is 8.23. The van der Waals surface area contributed by atoms with Crippen LogP contribution in [0.1, 0.15) is 10.7 Å². The molecule has 4 nitrogen and oxygen atoms in total. The highest BCUT2D eigenvalue weighted by Crippen LogP contribution is 2.31. The molecule has 0 fully saturated rings. The lowest BCUT2D eigenvalue weighted by Gasteiger charge is -2.02. The van der Waals surface area contributed by atoms with E-state index in [0.29, 0.717) is 24.0 Å². The standard InChI is InChI=1S/C12H6F4N4S2/c13-7-9(8(14)11(16)18-10(7)15)22-12-17-6(19-20-12)4-5-2-1-3-21-5/h1-3H,4H2,(H,17,19,20). The van der Waals surface area contributed by atoms with E-state index in [1.54, 1.807) is 0 Å². The molecule has 0 saturated heterocycles. The maximum atomic E-state index is 13.5. The Hall–Kier alpha value is -1.94. The highest BCUT2D eigenvalue weighted by molar-refractivity contribution is 7.99. The molecule has 0 bridgehead atoms. The molecule has 3 aromatic heterocycles. The Labute approximate surface area is 129 Å². The zero-order valence-corrected chi connectivity index (χ0v) is 12.2. The average Bonchev–Trinajstić information content (AvgIpc) is 3.14. The molecule has 0 spiro atoms. The first kappa shape index (κ1) is 15.0. The number of thiophene rings is 1. The van der Waals surface area contributed by atoms with Crippen LogP contribution in [0.15, 0.2) is 27.6 Å². The molecule has 0 atom stereocenters. The van der Waals surface area contributed by atoms with Crippen molar-refractivity contribution in [2.75, 3.05) is 0 Å². The van der Waals surface area contributed by atoms with Crippen LogP contribution >= 0.6 is 23.1 Å². The van der Waals surface area contributed by atoms with Crippen LogP contribution in [0.3, 0.4) is 0 Å². The van der Waals surface area contributed by atoms with Gasteiger partial charge in [-0.25, -0.2) is 13.8 Å². The Kier molecular flexibility index (Phi) is 4.12. The highest BCUT2D eigenvalue weighted by Gasteiger charge is 2.23. The van der Waals surface area contributed by atoms with Gasteiger partial charge in [0.05, 0.1) is 4.90 Å². The third-order valence-electron chi connectivity index (χ3n) is 2.58. The number of hydrogen-bond acceptors (Lipinski definition) is 5. The Balaban J connectivity index is 1.84. The SMILES string of the molecule is Fc1nc(F)c(F)c(Sc2n[nH]c(Cc3cccs3)n2)c1F. The number of H-pyrrole nitrogens is 1. The maximum Gasteiger partial charge on any atom is 0.252 e. The van der Waals surface area contributed by atoms with Crippen LogP contribution in [-0.4, -0.2) is 20.2 Å². The van der Waals surface area contributed by atoms with Crippen molar-refractivity contribution in [1.29, 1.82) is 0 Å². The second-order valence-corrected chi connectivity index (χ2v) is 6.08. The number of hydrogen-bond donors (Lipinski definition) is 1. The molecule has 0 aromatic carbocycles. The molecule has 0 radical (unpaired) electrons. The minimum absolute atomic E-state index is 0.0469. The predicted octanol–water partition coefficient (Wildman–Crippen LogP) is 3.56. The fourth-order valence-corrected chi connectivity index (χ4v) is 3.12. The van der Waals surface area contributed by atoms with E-state index < -0.39 is 28.4 Å². The molecule has 3 rings (SSSR count). The highest BCUT2D eigenvalue weighted by atomic mass is 32.2. The van der Waals surface area contributed by atoms with Gasteiger partial charge in [0.2, 0.25) is 5.16 Å². The van der Waals surface area contributed by atoms with Gasteiger partial charge in [-0.15, -0.1) is 16.4 Å². The topological polar surface area (TPSA) is 54.5 Å². The first-order valence-electron chi connectivity index (χ1n) is 5.86. The van der Waals surface area contributed by atoms with Gasteiger partial charge in [-0.3, -0.25) is 5.10 Å². The molecular formula is C12H6F4N4S2. The maximum absolute atomic E-state index is 13.5. The molecule has 1 N–H and O–H groups in total. The van der Waals surface area contributed by atoms with Crippen molar-refractivity contribution in [3.63, 3.8) is 0 Å². The lowest BCUT2D eigenvalue weighted by Crippen LogP contribution is -2.02. The number of halogens is 4. The van der Waals surface area contributed by atoms with Crippen molar-refractivity contribution in [2.24, 2.45) is 0 Å². The molecule has 10 heteroatoms. The first-order valence-corrected chi connectivity index (χ1v) is 7.55. The van der Waals surface area contributed by atoms with E-state index >= 15 is 0 Å². The monoisotopic (exact) mass is 346 g/mol. The fourth-order valence-electron chi connectivity index (χ4n) is 1.63. The molecule has 0 unspecified atom stereocenters. The number of aromatic amines is 1. The number of aromatic nitrogens is 4. The van der Waals surface area contributed by atoms with Crippen LogP contribution in [0.25, 0.3) is 0 Å². The third kappa shape index (κ3) is 2.97. The summed E-state index contributed by atoms with van der Waals surface area (Å²) in [7, 11) is 0. The molecule has 0 amide bonds. The quantitative estimate of drug-likeness (QED) is 0.580. The van der Waals surface area contributed by atoms with E-state index in [1.165, 1.54) is 11.3 Å². The molecule has 0 aliphatic rings. The molecule has 0 aliphatic carbocycles. The second-order valence-electron chi connectivity index (χ2n) is 4.07. The van der Waals surface area contributed by atoms with E-state index in [1.807, 2.05) is 17.5 Å². The molecule has 22 heavy (non-hydrogen) atoms. The van der Waals surface area contributed by atoms with Gasteiger partial charge in [0.15, 0.2) is 11.6 Å². The lowest BCUT2D eigenvalue weighted by molar-refractivity contribution is 0.383. The lowest BCUT2D eigenvalue weighted by atomic mass is 10.3. The Bertz CT molecular complexity index is 778. The van der Waals surface area contributed by atoms with Crippen LogP contribution in [-0.2, 0) is 6.42 Å². The van der Waals surface area contributed by atoms with Crippen molar-refractivity contribution < 1.29 is 17.6 Å². The van der Waals surface area contributed by atoms with Crippen LogP contribution in [0.5, 0.6) is 0 Å². The minimum atomic E-state index is -1.71. The van der Waals surface area contributed by atoms with Crippen LogP contribution < -0.4 is 0 Å². The number of rotatable bonds is 4. The Morgan fingerprint density at radius 1 is 1.09 bits per heavy atom. The summed E-state index contributed by atoms with van der Waals surface area (Å²) in [6.07, 6.45) is 0.468. The van der Waals surface area contributed by atoms with Crippen LogP contribution in [0, 0.1) is 23.5 Å². The summed E-state index contributed by atoms with van der Waals surface area (Å²) in [5.74, 6) is -6.10. The normalized spacial score (nSPS) is 11.1. The van der Waals surface area contributed by atoms with Gasteiger partial charge in [-0.2, -0.15) is 13.8 Å². The molecule has 3 aromatic rings. The predicted molar refractivity (Wildman–Crippen MR) is 71.7 cm³/mol. The number of nitrogens with zero attached hydrogens (tertiary/aromatic N) is 3. The summed E-state index contributed by atoms with van der Waals surface area (Å²) in [5.41, 5.74) is 0. The van der Waals surface area contributed by atoms with Crippen molar-refractivity contribution >= 4 is 23.1 Å². The molecule has 3 heterocycles. The van der Waals surface area contributed by atoms with E-state index in [-0.39, 0.29) is 5.16 Å². The van der Waals surface area contributed by atoms with Gasteiger partial charge in [0.1, 0.15) is 5.82 Å². The zero-order chi connectivity index (χ0) is 15.7. The van der Waals surface area contributed by atoms with Gasteiger partial charge in [-0.05, 0) is 23.2 Å². The summed E-state index contributed by atoms with van der Waals surface area (Å²) >= 11 is 1.90. The average molecular weight is 346 g/mol. The van der Waals surface area contributed by atoms with Crippen LogP contribution in [0.2, 0.25) is 0 Å². The third-order valence-corrected chi connectivity index (χ3v) is 4.39. The second kappa shape index (κ2) is 6.05. The van der Waals surface area contributed by atoms with Crippen LogP contribution in [0.4, 0.5) is 17.6 Å². The number of pyridine rings is 1. The molecule has 0 saturated carbocycles. The smallest absolute Gasteiger partial charge is 0.252 e. The Morgan fingerprint density at radius 3 is 2.45 bits per heavy atom. The van der Waals surface area contributed by atoms with E-state index in [0.717, 1.165) is 4.88 Å². The fraction of sp³-hybridized carbons (Fsp3) is 0.0833. The van der Waals surface area contributed by atoms with E-state index in [9.17, 15) is 17.6 Å². The summed E-state index contributed by atoms with van der Waals surface area (Å²) < 4.78 is 53.1. The molecule has 0 aliphatic heterocycles. The summed E-state index contributed by atoms with van der Waals surface area (Å²) in [4.78, 5) is 6.66. The van der Waals surface area contributed by atoms with Gasteiger partial charge >= 0.3 is 0 Å². The summed E-state index contributed by atoms with van der Waals surface area (Å²) in [6, 6.07) is 3.77. The molecular weight excluding hydrogens is 340 g/mol. The van der Waals surface area contributed by atoms with Gasteiger partial charge in [-0.1, -0.05) is 6.07 Å². The van der Waals surface area contributed by atoms with Gasteiger partial charge < -0.3 is 0 Å².